The summed E-state index contributed by atoms with van der Waals surface area (Å²) in [5.74, 6) is -1.92. The van der Waals surface area contributed by atoms with Crippen molar-refractivity contribution in [2.24, 2.45) is 0 Å². The van der Waals surface area contributed by atoms with Gasteiger partial charge >= 0.3 is 5.97 Å². The Morgan fingerprint density at radius 2 is 1.69 bits per heavy atom. The Hall–Kier alpha value is -6.07. The summed E-state index contributed by atoms with van der Waals surface area (Å²) in [7, 11) is 0. The second-order valence-electron chi connectivity index (χ2n) is 10.8. The molecular formula is C37H27FN4O3. The fourth-order valence-electron chi connectivity index (χ4n) is 5.42. The van der Waals surface area contributed by atoms with Crippen LogP contribution in [0.2, 0.25) is 0 Å². The number of carboxylic acids is 1. The molecule has 7 nitrogen and oxygen atoms in total. The van der Waals surface area contributed by atoms with Crippen LogP contribution in [0, 0.1) is 17.1 Å². The monoisotopic (exact) mass is 594 g/mol. The standard InChI is InChI=1S/C37H27FN4O3/c1-23(26-9-11-28(12-10-26)37(44)45)41-36(43)33-20-31(30-16-25(21-39)17-32(38)19-30)18-29-13-15-42(35(29)33)22-24-5-7-27(8-6-24)34-4-2-3-14-40-34/h2-20,23H,22H2,1H3,(H,41,43)(H,44,45)/t23-/m0/s1. The van der Waals surface area contributed by atoms with Gasteiger partial charge in [-0.05, 0) is 89.8 Å². The first kappa shape index (κ1) is 29.0. The van der Waals surface area contributed by atoms with Crippen molar-refractivity contribution in [2.45, 2.75) is 19.5 Å². The second-order valence-corrected chi connectivity index (χ2v) is 10.8. The number of rotatable bonds is 8. The Kier molecular flexibility index (Phi) is 7.91. The average molecular weight is 595 g/mol. The summed E-state index contributed by atoms with van der Waals surface area (Å²) in [6.45, 7) is 2.32. The molecule has 0 aliphatic carbocycles. The molecule has 1 atom stereocenters. The van der Waals surface area contributed by atoms with E-state index in [1.165, 1.54) is 24.3 Å². The quantitative estimate of drug-likeness (QED) is 0.189. The number of nitrogens with zero attached hydrogens (tertiary/aromatic N) is 3. The highest BCUT2D eigenvalue weighted by molar-refractivity contribution is 6.08. The van der Waals surface area contributed by atoms with Crippen LogP contribution in [0.1, 0.15) is 50.4 Å². The Morgan fingerprint density at radius 3 is 2.38 bits per heavy atom. The van der Waals surface area contributed by atoms with Crippen molar-refractivity contribution in [1.29, 1.82) is 5.26 Å². The molecule has 0 saturated heterocycles. The lowest BCUT2D eigenvalue weighted by Gasteiger charge is -2.17. The number of pyridine rings is 1. The van der Waals surface area contributed by atoms with Crippen molar-refractivity contribution in [1.82, 2.24) is 14.9 Å². The third kappa shape index (κ3) is 6.19. The van der Waals surface area contributed by atoms with Crippen LogP contribution in [0.4, 0.5) is 4.39 Å². The summed E-state index contributed by atoms with van der Waals surface area (Å²) in [5, 5.41) is 22.5. The number of hydrogen-bond acceptors (Lipinski definition) is 4. The first-order valence-corrected chi connectivity index (χ1v) is 14.3. The third-order valence-corrected chi connectivity index (χ3v) is 7.74. The fourth-order valence-corrected chi connectivity index (χ4v) is 5.42. The van der Waals surface area contributed by atoms with E-state index in [1.807, 2.05) is 78.4 Å². The molecular weight excluding hydrogens is 567 g/mol. The van der Waals surface area contributed by atoms with Crippen molar-refractivity contribution in [2.75, 3.05) is 0 Å². The molecule has 1 amide bonds. The molecule has 220 valence electrons. The molecule has 0 bridgehead atoms. The number of hydrogen-bond donors (Lipinski definition) is 2. The van der Waals surface area contributed by atoms with Crippen LogP contribution < -0.4 is 5.32 Å². The lowest BCUT2D eigenvalue weighted by molar-refractivity contribution is 0.0696. The van der Waals surface area contributed by atoms with Gasteiger partial charge in [0.25, 0.3) is 5.91 Å². The molecule has 6 aromatic rings. The predicted octanol–water partition coefficient (Wildman–Crippen LogP) is 7.62. The van der Waals surface area contributed by atoms with Gasteiger partial charge in [-0.1, -0.05) is 42.5 Å². The molecule has 0 aliphatic rings. The third-order valence-electron chi connectivity index (χ3n) is 7.74. The molecule has 2 N–H and O–H groups in total. The van der Waals surface area contributed by atoms with Crippen LogP contribution in [-0.2, 0) is 6.54 Å². The van der Waals surface area contributed by atoms with E-state index in [0.29, 0.717) is 28.8 Å². The molecule has 0 unspecified atom stereocenters. The molecule has 8 heteroatoms. The van der Waals surface area contributed by atoms with Gasteiger partial charge in [0.15, 0.2) is 0 Å². The van der Waals surface area contributed by atoms with Crippen molar-refractivity contribution >= 4 is 22.8 Å². The number of carboxylic acid groups (broad SMARTS) is 1. The van der Waals surface area contributed by atoms with Crippen LogP contribution in [-0.4, -0.2) is 26.5 Å². The van der Waals surface area contributed by atoms with Crippen LogP contribution in [0.5, 0.6) is 0 Å². The predicted molar refractivity (Wildman–Crippen MR) is 170 cm³/mol. The minimum Gasteiger partial charge on any atom is -0.478 e. The molecule has 0 aliphatic heterocycles. The second kappa shape index (κ2) is 12.3. The zero-order valence-corrected chi connectivity index (χ0v) is 24.2. The maximum atomic E-state index is 14.4. The number of amides is 1. The van der Waals surface area contributed by atoms with Crippen LogP contribution in [0.15, 0.2) is 116 Å². The average Bonchev–Trinajstić information content (AvgIpc) is 3.47. The van der Waals surface area contributed by atoms with Gasteiger partial charge < -0.3 is 15.0 Å². The highest BCUT2D eigenvalue weighted by atomic mass is 19.1. The highest BCUT2D eigenvalue weighted by Crippen LogP contribution is 2.31. The molecule has 0 fully saturated rings. The Morgan fingerprint density at radius 1 is 0.933 bits per heavy atom. The summed E-state index contributed by atoms with van der Waals surface area (Å²) < 4.78 is 16.4. The Balaban J connectivity index is 1.38. The van der Waals surface area contributed by atoms with E-state index in [1.54, 1.807) is 30.5 Å². The molecule has 4 aromatic carbocycles. The van der Waals surface area contributed by atoms with E-state index in [-0.39, 0.29) is 17.0 Å². The van der Waals surface area contributed by atoms with Gasteiger partial charge in [0, 0.05) is 29.9 Å². The van der Waals surface area contributed by atoms with Gasteiger partial charge in [-0.15, -0.1) is 0 Å². The molecule has 2 heterocycles. The lowest BCUT2D eigenvalue weighted by atomic mass is 9.98. The van der Waals surface area contributed by atoms with Crippen LogP contribution in [0.3, 0.4) is 0 Å². The van der Waals surface area contributed by atoms with Crippen molar-refractivity contribution in [3.05, 3.63) is 149 Å². The molecule has 45 heavy (non-hydrogen) atoms. The number of aromatic nitrogens is 2. The number of halogens is 1. The molecule has 0 radical (unpaired) electrons. The van der Waals surface area contributed by atoms with Gasteiger partial charge in [-0.2, -0.15) is 5.26 Å². The van der Waals surface area contributed by atoms with Crippen LogP contribution >= 0.6 is 0 Å². The molecule has 6 rings (SSSR count). The first-order valence-electron chi connectivity index (χ1n) is 14.3. The number of benzene rings is 4. The summed E-state index contributed by atoms with van der Waals surface area (Å²) in [6.07, 6.45) is 3.67. The van der Waals surface area contributed by atoms with E-state index >= 15 is 0 Å². The highest BCUT2D eigenvalue weighted by Gasteiger charge is 2.20. The van der Waals surface area contributed by atoms with Gasteiger partial charge in [0.05, 0.1) is 40.0 Å². The van der Waals surface area contributed by atoms with Gasteiger partial charge in [-0.25, -0.2) is 9.18 Å². The number of nitriles is 1. The maximum absolute atomic E-state index is 14.4. The zero-order chi connectivity index (χ0) is 31.5. The first-order chi connectivity index (χ1) is 21.8. The van der Waals surface area contributed by atoms with Crippen molar-refractivity contribution < 1.29 is 19.1 Å². The summed E-state index contributed by atoms with van der Waals surface area (Å²) in [6, 6.07) is 31.4. The van der Waals surface area contributed by atoms with Crippen LogP contribution in [0.25, 0.3) is 33.3 Å². The Bertz CT molecular complexity index is 2080. The smallest absolute Gasteiger partial charge is 0.335 e. The molecule has 0 spiro atoms. The summed E-state index contributed by atoms with van der Waals surface area (Å²) >= 11 is 0. The van der Waals surface area contributed by atoms with Crippen molar-refractivity contribution in [3.63, 3.8) is 0 Å². The maximum Gasteiger partial charge on any atom is 0.335 e. The van der Waals surface area contributed by atoms with E-state index in [0.717, 1.165) is 27.8 Å². The van der Waals surface area contributed by atoms with E-state index in [2.05, 4.69) is 10.3 Å². The summed E-state index contributed by atoms with van der Waals surface area (Å²) in [5.41, 5.74) is 6.16. The minimum atomic E-state index is -1.03. The number of fused-ring (bicyclic) bond motifs is 1. The zero-order valence-electron chi connectivity index (χ0n) is 24.2. The minimum absolute atomic E-state index is 0.157. The van der Waals surface area contributed by atoms with Gasteiger partial charge in [0.1, 0.15) is 5.82 Å². The van der Waals surface area contributed by atoms with E-state index < -0.39 is 17.8 Å². The van der Waals surface area contributed by atoms with E-state index in [4.69, 9.17) is 0 Å². The van der Waals surface area contributed by atoms with Gasteiger partial charge in [-0.3, -0.25) is 9.78 Å². The number of carbonyl (C=O) groups is 2. The Labute approximate surface area is 258 Å². The topological polar surface area (TPSA) is 108 Å². The normalized spacial score (nSPS) is 11.6. The van der Waals surface area contributed by atoms with E-state index in [9.17, 15) is 24.3 Å². The number of carbonyl (C=O) groups excluding carboxylic acids is 1. The SMILES string of the molecule is C[C@H](NC(=O)c1cc(-c2cc(F)cc(C#N)c2)cc2ccn(Cc3ccc(-c4ccccn4)cc3)c12)c1ccc(C(=O)O)cc1. The molecule has 2 aromatic heterocycles. The van der Waals surface area contributed by atoms with Gasteiger partial charge in [0.2, 0.25) is 0 Å². The largest absolute Gasteiger partial charge is 0.478 e. The lowest BCUT2D eigenvalue weighted by Crippen LogP contribution is -2.27. The molecule has 0 saturated carbocycles. The fraction of sp³-hybridized carbons (Fsp3) is 0.0811. The van der Waals surface area contributed by atoms with Crippen molar-refractivity contribution in [3.8, 4) is 28.5 Å². The summed E-state index contributed by atoms with van der Waals surface area (Å²) in [4.78, 5) is 29.6. The number of nitrogens with one attached hydrogen (secondary N) is 1. The number of aromatic carboxylic acids is 1.